The van der Waals surface area contributed by atoms with Gasteiger partial charge in [0.05, 0.1) is 24.7 Å². The van der Waals surface area contributed by atoms with E-state index in [9.17, 15) is 10.1 Å². The van der Waals surface area contributed by atoms with Crippen molar-refractivity contribution in [1.29, 1.82) is 5.26 Å². The van der Waals surface area contributed by atoms with Crippen molar-refractivity contribution in [2.75, 3.05) is 18.0 Å². The second kappa shape index (κ2) is 5.27. The van der Waals surface area contributed by atoms with Crippen LogP contribution in [0.5, 0.6) is 0 Å². The highest BCUT2D eigenvalue weighted by atomic mass is 16.1. The van der Waals surface area contributed by atoms with Crippen molar-refractivity contribution < 1.29 is 9.78 Å². The van der Waals surface area contributed by atoms with Gasteiger partial charge in [-0.1, -0.05) is 0 Å². The maximum absolute atomic E-state index is 11.3. The molecule has 1 atom stereocenters. The third kappa shape index (κ3) is 2.68. The van der Waals surface area contributed by atoms with Gasteiger partial charge in [0.25, 0.3) is 5.82 Å². The number of carbonyl (C=O) groups is 1. The van der Waals surface area contributed by atoms with Crippen LogP contribution in [0, 0.1) is 31.1 Å². The van der Waals surface area contributed by atoms with Crippen molar-refractivity contribution in [3.63, 3.8) is 0 Å². The Morgan fingerprint density at radius 2 is 2.32 bits per heavy atom. The number of nitrogens with two attached hydrogens (primary N) is 1. The number of anilines is 1. The maximum atomic E-state index is 11.3. The average molecular weight is 259 g/mol. The predicted octanol–water partition coefficient (Wildman–Crippen LogP) is 0.691. The summed E-state index contributed by atoms with van der Waals surface area (Å²) in [5.74, 6) is 0.424. The smallest absolute Gasteiger partial charge is 0.293 e. The molecule has 0 spiro atoms. The molecule has 5 heteroatoms. The lowest BCUT2D eigenvalue weighted by Crippen LogP contribution is -2.44. The highest BCUT2D eigenvalue weighted by Crippen LogP contribution is 2.24. The molecule has 0 saturated carbocycles. The molecular weight excluding hydrogens is 240 g/mol. The van der Waals surface area contributed by atoms with Crippen molar-refractivity contribution in [1.82, 2.24) is 0 Å². The first kappa shape index (κ1) is 13.3. The number of carbonyl (C=O) groups excluding carboxylic acids is 1. The molecular formula is C14H19N4O+. The van der Waals surface area contributed by atoms with Gasteiger partial charge in [-0.25, -0.2) is 4.98 Å². The predicted molar refractivity (Wildman–Crippen MR) is 71.3 cm³/mol. The van der Waals surface area contributed by atoms with E-state index >= 15 is 0 Å². The summed E-state index contributed by atoms with van der Waals surface area (Å²) in [5.41, 5.74) is 8.01. The fourth-order valence-corrected chi connectivity index (χ4v) is 2.66. The molecule has 1 aromatic heterocycles. The first-order valence-electron chi connectivity index (χ1n) is 6.50. The number of primary amides is 1. The number of nitrogens with zero attached hydrogens (tertiary/aromatic N) is 2. The van der Waals surface area contributed by atoms with Gasteiger partial charge in [-0.2, -0.15) is 5.26 Å². The maximum Gasteiger partial charge on any atom is 0.293 e. The molecule has 0 aromatic carbocycles. The Labute approximate surface area is 113 Å². The van der Waals surface area contributed by atoms with Gasteiger partial charge in [-0.15, -0.1) is 0 Å². The van der Waals surface area contributed by atoms with E-state index in [4.69, 9.17) is 5.73 Å². The average Bonchev–Trinajstić information content (AvgIpc) is 2.38. The highest BCUT2D eigenvalue weighted by Gasteiger charge is 2.31. The Morgan fingerprint density at radius 3 is 2.95 bits per heavy atom. The number of H-pyrrole nitrogens is 1. The van der Waals surface area contributed by atoms with Crippen molar-refractivity contribution in [2.24, 2.45) is 11.7 Å². The van der Waals surface area contributed by atoms with E-state index in [1.54, 1.807) is 0 Å². The van der Waals surface area contributed by atoms with Gasteiger partial charge in [-0.05, 0) is 38.3 Å². The van der Waals surface area contributed by atoms with Gasteiger partial charge in [0.1, 0.15) is 11.6 Å². The van der Waals surface area contributed by atoms with Gasteiger partial charge in [0, 0.05) is 0 Å². The minimum absolute atomic E-state index is 0.130. The van der Waals surface area contributed by atoms with Gasteiger partial charge >= 0.3 is 0 Å². The molecule has 2 heterocycles. The van der Waals surface area contributed by atoms with Crippen LogP contribution in [0.4, 0.5) is 5.82 Å². The Kier molecular flexibility index (Phi) is 3.70. The van der Waals surface area contributed by atoms with E-state index in [1.165, 1.54) is 0 Å². The molecule has 0 radical (unpaired) electrons. The molecule has 2 rings (SSSR count). The SMILES string of the molecule is Cc1cc(C)c(C#N)c(N2CCC[C@@H](C(N)=O)C2)[nH+]1. The summed E-state index contributed by atoms with van der Waals surface area (Å²) >= 11 is 0. The second-order valence-corrected chi connectivity index (χ2v) is 5.16. The summed E-state index contributed by atoms with van der Waals surface area (Å²) in [5, 5.41) is 9.31. The standard InChI is InChI=1S/C14H18N4O/c1-9-6-10(2)17-14(12(9)7-15)18-5-3-4-11(8-18)13(16)19/h6,11H,3-5,8H2,1-2H3,(H2,16,19)/p+1/t11-/m1/s1. The van der Waals surface area contributed by atoms with Crippen molar-refractivity contribution in [3.8, 4) is 6.07 Å². The Bertz CT molecular complexity index is 547. The molecule has 5 nitrogen and oxygen atoms in total. The van der Waals surface area contributed by atoms with E-state index in [0.29, 0.717) is 12.1 Å². The molecule has 1 aliphatic rings. The van der Waals surface area contributed by atoms with Crippen LogP contribution in [0.3, 0.4) is 0 Å². The highest BCUT2D eigenvalue weighted by molar-refractivity contribution is 5.77. The van der Waals surface area contributed by atoms with Gasteiger partial charge in [0.15, 0.2) is 0 Å². The van der Waals surface area contributed by atoms with Gasteiger partial charge in [0.2, 0.25) is 5.91 Å². The molecule has 1 saturated heterocycles. The lowest BCUT2D eigenvalue weighted by Gasteiger charge is -2.27. The summed E-state index contributed by atoms with van der Waals surface area (Å²) < 4.78 is 0. The Balaban J connectivity index is 2.36. The molecule has 3 N–H and O–H groups in total. The number of aryl methyl sites for hydroxylation is 2. The lowest BCUT2D eigenvalue weighted by atomic mass is 9.97. The van der Waals surface area contributed by atoms with Crippen LogP contribution >= 0.6 is 0 Å². The van der Waals surface area contributed by atoms with Crippen molar-refractivity contribution >= 4 is 11.7 Å². The third-order valence-electron chi connectivity index (χ3n) is 3.63. The lowest BCUT2D eigenvalue weighted by molar-refractivity contribution is -0.374. The molecule has 1 aromatic rings. The number of piperidine rings is 1. The first-order valence-corrected chi connectivity index (χ1v) is 6.50. The number of hydrogen-bond acceptors (Lipinski definition) is 3. The number of nitrogens with one attached hydrogen (secondary N) is 1. The first-order chi connectivity index (χ1) is 9.02. The Hall–Kier alpha value is -2.09. The van der Waals surface area contributed by atoms with Crippen LogP contribution in [0.15, 0.2) is 6.07 Å². The van der Waals surface area contributed by atoms with Crippen LogP contribution in [-0.2, 0) is 4.79 Å². The normalized spacial score (nSPS) is 19.0. The molecule has 1 amide bonds. The quantitative estimate of drug-likeness (QED) is 0.848. The zero-order valence-corrected chi connectivity index (χ0v) is 11.4. The molecule has 100 valence electrons. The van der Waals surface area contributed by atoms with Crippen molar-refractivity contribution in [2.45, 2.75) is 26.7 Å². The molecule has 1 aliphatic heterocycles. The van der Waals surface area contributed by atoms with Crippen LogP contribution < -0.4 is 15.6 Å². The number of aromatic amines is 1. The molecule has 0 aliphatic carbocycles. The van der Waals surface area contributed by atoms with Crippen molar-refractivity contribution in [3.05, 3.63) is 22.9 Å². The summed E-state index contributed by atoms with van der Waals surface area (Å²) in [6.07, 6.45) is 1.75. The van der Waals surface area contributed by atoms with E-state index in [1.807, 2.05) is 19.9 Å². The van der Waals surface area contributed by atoms with Gasteiger partial charge in [-0.3, -0.25) is 9.69 Å². The van der Waals surface area contributed by atoms with E-state index in [0.717, 1.165) is 36.5 Å². The minimum atomic E-state index is -0.257. The third-order valence-corrected chi connectivity index (χ3v) is 3.63. The number of pyridine rings is 1. The topological polar surface area (TPSA) is 84.3 Å². The summed E-state index contributed by atoms with van der Waals surface area (Å²) in [4.78, 5) is 16.7. The number of amides is 1. The molecule has 0 bridgehead atoms. The zero-order valence-electron chi connectivity index (χ0n) is 11.4. The fraction of sp³-hybridized carbons (Fsp3) is 0.500. The van der Waals surface area contributed by atoms with Crippen LogP contribution in [0.2, 0.25) is 0 Å². The summed E-state index contributed by atoms with van der Waals surface area (Å²) in [6, 6.07) is 4.20. The number of rotatable bonds is 2. The second-order valence-electron chi connectivity index (χ2n) is 5.16. The largest absolute Gasteiger partial charge is 0.369 e. The molecule has 19 heavy (non-hydrogen) atoms. The summed E-state index contributed by atoms with van der Waals surface area (Å²) in [7, 11) is 0. The van der Waals surface area contributed by atoms with E-state index < -0.39 is 0 Å². The van der Waals surface area contributed by atoms with Crippen LogP contribution in [-0.4, -0.2) is 19.0 Å². The molecule has 0 unspecified atom stereocenters. The number of nitriles is 1. The van der Waals surface area contributed by atoms with E-state index in [-0.39, 0.29) is 11.8 Å². The van der Waals surface area contributed by atoms with Crippen LogP contribution in [0.25, 0.3) is 0 Å². The van der Waals surface area contributed by atoms with E-state index in [2.05, 4.69) is 16.0 Å². The fourth-order valence-electron chi connectivity index (χ4n) is 2.66. The monoisotopic (exact) mass is 259 g/mol. The summed E-state index contributed by atoms with van der Waals surface area (Å²) in [6.45, 7) is 5.33. The number of aromatic nitrogens is 1. The number of hydrogen-bond donors (Lipinski definition) is 1. The zero-order chi connectivity index (χ0) is 14.0. The minimum Gasteiger partial charge on any atom is -0.369 e. The van der Waals surface area contributed by atoms with Gasteiger partial charge < -0.3 is 5.73 Å². The molecule has 1 fully saturated rings. The van der Waals surface area contributed by atoms with Crippen LogP contribution in [0.1, 0.15) is 29.7 Å². The Morgan fingerprint density at radius 1 is 1.58 bits per heavy atom.